The molecule has 0 saturated heterocycles. The van der Waals surface area contributed by atoms with E-state index in [1.165, 1.54) is 5.56 Å². The van der Waals surface area contributed by atoms with E-state index in [4.69, 9.17) is 4.74 Å². The van der Waals surface area contributed by atoms with Gasteiger partial charge in [-0.25, -0.2) is 4.98 Å². The predicted molar refractivity (Wildman–Crippen MR) is 117 cm³/mol. The zero-order chi connectivity index (χ0) is 20.6. The minimum absolute atomic E-state index is 0.115. The molecule has 0 bridgehead atoms. The summed E-state index contributed by atoms with van der Waals surface area (Å²) in [4.78, 5) is 19.2. The third-order valence-corrected chi connectivity index (χ3v) is 5.41. The van der Waals surface area contributed by atoms with Crippen LogP contribution in [0.4, 0.5) is 0 Å². The molecule has 0 fully saturated rings. The van der Waals surface area contributed by atoms with Crippen molar-refractivity contribution < 1.29 is 9.53 Å². The third-order valence-electron chi connectivity index (χ3n) is 4.59. The van der Waals surface area contributed by atoms with Crippen LogP contribution in [0.25, 0.3) is 0 Å². The number of ether oxygens (including phenoxy) is 1. The standard InChI is InChI=1S/C23H27N3O2S/c1-4-26(3)14-19-8-5-7-18(11-19)13-24-23(27)20-9-6-10-22(12-20)28-15-21-16-29-17(2)25-21/h5-12,16H,4,13-15H2,1-3H3,(H,24,27). The Balaban J connectivity index is 1.56. The van der Waals surface area contributed by atoms with Gasteiger partial charge in [-0.05, 0) is 49.8 Å². The highest BCUT2D eigenvalue weighted by molar-refractivity contribution is 7.09. The Bertz CT molecular complexity index is 955. The van der Waals surface area contributed by atoms with Gasteiger partial charge in [0.1, 0.15) is 12.4 Å². The number of carbonyl (C=O) groups is 1. The average molecular weight is 410 g/mol. The highest BCUT2D eigenvalue weighted by Crippen LogP contribution is 2.16. The Kier molecular flexibility index (Phi) is 7.38. The second-order valence-electron chi connectivity index (χ2n) is 7.01. The van der Waals surface area contributed by atoms with E-state index in [0.717, 1.165) is 29.4 Å². The molecule has 2 aromatic carbocycles. The van der Waals surface area contributed by atoms with Crippen LogP contribution in [-0.2, 0) is 19.7 Å². The van der Waals surface area contributed by atoms with E-state index in [0.29, 0.717) is 24.5 Å². The molecule has 0 radical (unpaired) electrons. The number of carbonyl (C=O) groups excluding carboxylic acids is 1. The molecule has 0 aliphatic carbocycles. The molecular formula is C23H27N3O2S. The van der Waals surface area contributed by atoms with Gasteiger partial charge in [-0.3, -0.25) is 4.79 Å². The normalized spacial score (nSPS) is 10.9. The molecule has 0 aliphatic heterocycles. The smallest absolute Gasteiger partial charge is 0.251 e. The van der Waals surface area contributed by atoms with Crippen LogP contribution >= 0.6 is 11.3 Å². The highest BCUT2D eigenvalue weighted by atomic mass is 32.1. The molecule has 3 aromatic rings. The molecule has 1 amide bonds. The summed E-state index contributed by atoms with van der Waals surface area (Å²) in [5, 5.41) is 6.00. The average Bonchev–Trinajstić information content (AvgIpc) is 3.16. The monoisotopic (exact) mass is 409 g/mol. The van der Waals surface area contributed by atoms with E-state index in [1.54, 1.807) is 23.5 Å². The number of aryl methyl sites for hydroxylation is 1. The van der Waals surface area contributed by atoms with Gasteiger partial charge in [0.25, 0.3) is 5.91 Å². The Hall–Kier alpha value is -2.70. The molecule has 3 rings (SSSR count). The van der Waals surface area contributed by atoms with Crippen LogP contribution in [0.15, 0.2) is 53.9 Å². The van der Waals surface area contributed by atoms with Crippen LogP contribution in [0.2, 0.25) is 0 Å². The molecule has 1 aromatic heterocycles. The number of benzene rings is 2. The number of amides is 1. The fourth-order valence-electron chi connectivity index (χ4n) is 2.90. The molecular weight excluding hydrogens is 382 g/mol. The van der Waals surface area contributed by atoms with Gasteiger partial charge in [-0.2, -0.15) is 0 Å². The first-order valence-electron chi connectivity index (χ1n) is 9.72. The maximum atomic E-state index is 12.6. The molecule has 1 heterocycles. The fraction of sp³-hybridized carbons (Fsp3) is 0.304. The van der Waals surface area contributed by atoms with E-state index < -0.39 is 0 Å². The van der Waals surface area contributed by atoms with Gasteiger partial charge >= 0.3 is 0 Å². The van der Waals surface area contributed by atoms with E-state index in [2.05, 4.69) is 41.3 Å². The lowest BCUT2D eigenvalue weighted by Crippen LogP contribution is -2.23. The van der Waals surface area contributed by atoms with Crippen molar-refractivity contribution in [2.24, 2.45) is 0 Å². The Morgan fingerprint density at radius 2 is 1.97 bits per heavy atom. The summed E-state index contributed by atoms with van der Waals surface area (Å²) < 4.78 is 5.78. The van der Waals surface area contributed by atoms with E-state index in [1.807, 2.05) is 36.6 Å². The van der Waals surface area contributed by atoms with E-state index in [9.17, 15) is 4.79 Å². The summed E-state index contributed by atoms with van der Waals surface area (Å²) in [6, 6.07) is 15.6. The lowest BCUT2D eigenvalue weighted by atomic mass is 10.1. The Morgan fingerprint density at radius 3 is 2.72 bits per heavy atom. The summed E-state index contributed by atoms with van der Waals surface area (Å²) in [7, 11) is 2.10. The van der Waals surface area contributed by atoms with Gasteiger partial charge in [-0.1, -0.05) is 37.3 Å². The summed E-state index contributed by atoms with van der Waals surface area (Å²) in [5.74, 6) is 0.545. The number of hydrogen-bond donors (Lipinski definition) is 1. The van der Waals surface area contributed by atoms with Crippen LogP contribution in [0, 0.1) is 6.92 Å². The van der Waals surface area contributed by atoms with Gasteiger partial charge in [0.15, 0.2) is 0 Å². The molecule has 0 aliphatic rings. The lowest BCUT2D eigenvalue weighted by Gasteiger charge is -2.14. The van der Waals surface area contributed by atoms with Crippen LogP contribution < -0.4 is 10.1 Å². The summed E-state index contributed by atoms with van der Waals surface area (Å²) >= 11 is 1.60. The quantitative estimate of drug-likeness (QED) is 0.569. The topological polar surface area (TPSA) is 54.5 Å². The van der Waals surface area contributed by atoms with Gasteiger partial charge in [0.2, 0.25) is 0 Å². The minimum atomic E-state index is -0.115. The molecule has 29 heavy (non-hydrogen) atoms. The number of thiazole rings is 1. The molecule has 0 spiro atoms. The number of aromatic nitrogens is 1. The van der Waals surface area contributed by atoms with Crippen molar-refractivity contribution in [3.05, 3.63) is 81.3 Å². The van der Waals surface area contributed by atoms with Crippen LogP contribution in [-0.4, -0.2) is 29.4 Å². The van der Waals surface area contributed by atoms with Gasteiger partial charge in [0, 0.05) is 24.0 Å². The zero-order valence-corrected chi connectivity index (χ0v) is 18.0. The largest absolute Gasteiger partial charge is 0.487 e. The highest BCUT2D eigenvalue weighted by Gasteiger charge is 2.08. The first-order valence-corrected chi connectivity index (χ1v) is 10.6. The van der Waals surface area contributed by atoms with Crippen molar-refractivity contribution >= 4 is 17.2 Å². The molecule has 152 valence electrons. The van der Waals surface area contributed by atoms with Crippen molar-refractivity contribution in [2.45, 2.75) is 33.5 Å². The number of rotatable bonds is 9. The van der Waals surface area contributed by atoms with Crippen molar-refractivity contribution in [1.82, 2.24) is 15.2 Å². The van der Waals surface area contributed by atoms with Crippen molar-refractivity contribution in [2.75, 3.05) is 13.6 Å². The first-order chi connectivity index (χ1) is 14.0. The molecule has 0 unspecified atom stereocenters. The molecule has 6 heteroatoms. The molecule has 5 nitrogen and oxygen atoms in total. The van der Waals surface area contributed by atoms with E-state index in [-0.39, 0.29) is 5.91 Å². The second-order valence-corrected chi connectivity index (χ2v) is 8.07. The number of hydrogen-bond acceptors (Lipinski definition) is 5. The van der Waals surface area contributed by atoms with E-state index >= 15 is 0 Å². The lowest BCUT2D eigenvalue weighted by molar-refractivity contribution is 0.0950. The fourth-order valence-corrected chi connectivity index (χ4v) is 3.50. The molecule has 0 saturated carbocycles. The third kappa shape index (κ3) is 6.41. The van der Waals surface area contributed by atoms with Crippen molar-refractivity contribution in [1.29, 1.82) is 0 Å². The maximum Gasteiger partial charge on any atom is 0.251 e. The maximum absolute atomic E-state index is 12.6. The Morgan fingerprint density at radius 1 is 1.17 bits per heavy atom. The SMILES string of the molecule is CCN(C)Cc1cccc(CNC(=O)c2cccc(OCc3csc(C)n3)c2)c1. The van der Waals surface area contributed by atoms with Gasteiger partial charge in [-0.15, -0.1) is 11.3 Å². The van der Waals surface area contributed by atoms with Crippen LogP contribution in [0.1, 0.15) is 39.1 Å². The molecule has 0 atom stereocenters. The summed E-state index contributed by atoms with van der Waals surface area (Å²) in [5.41, 5.74) is 3.82. The van der Waals surface area contributed by atoms with Crippen LogP contribution in [0.3, 0.4) is 0 Å². The molecule has 1 N–H and O–H groups in total. The van der Waals surface area contributed by atoms with Crippen LogP contribution in [0.5, 0.6) is 5.75 Å². The van der Waals surface area contributed by atoms with Crippen molar-refractivity contribution in [3.8, 4) is 5.75 Å². The summed E-state index contributed by atoms with van der Waals surface area (Å²) in [6.07, 6.45) is 0. The zero-order valence-electron chi connectivity index (χ0n) is 17.1. The van der Waals surface area contributed by atoms with Gasteiger partial charge in [0.05, 0.1) is 10.7 Å². The summed E-state index contributed by atoms with van der Waals surface area (Å²) in [6.45, 7) is 6.90. The number of nitrogens with zero attached hydrogens (tertiary/aromatic N) is 2. The van der Waals surface area contributed by atoms with Gasteiger partial charge < -0.3 is 15.0 Å². The predicted octanol–water partition coefficient (Wildman–Crippen LogP) is 4.41. The minimum Gasteiger partial charge on any atom is -0.487 e. The first kappa shape index (κ1) is 21.0. The van der Waals surface area contributed by atoms with Crippen molar-refractivity contribution in [3.63, 3.8) is 0 Å². The number of nitrogens with one attached hydrogen (secondary N) is 1. The Labute approximate surface area is 176 Å². The second kappa shape index (κ2) is 10.2.